The minimum absolute atomic E-state index is 0.204. The number of thioether (sulfide) groups is 1. The molecule has 22 heavy (non-hydrogen) atoms. The second kappa shape index (κ2) is 7.34. The predicted molar refractivity (Wildman–Crippen MR) is 91.7 cm³/mol. The third kappa shape index (κ3) is 4.47. The van der Waals surface area contributed by atoms with Crippen LogP contribution in [0.2, 0.25) is 0 Å². The van der Waals surface area contributed by atoms with Crippen molar-refractivity contribution in [2.24, 2.45) is 5.92 Å². The number of rotatable bonds is 9. The number of hydrogen-bond acceptors (Lipinski definition) is 5. The van der Waals surface area contributed by atoms with Crippen LogP contribution in [0.15, 0.2) is 16.3 Å². The molecular weight excluding hydrogens is 316 g/mol. The van der Waals surface area contributed by atoms with Gasteiger partial charge in [-0.2, -0.15) is 0 Å². The zero-order valence-corrected chi connectivity index (χ0v) is 14.6. The summed E-state index contributed by atoms with van der Waals surface area (Å²) < 4.78 is 1.36. The number of carboxylic acids is 1. The lowest BCUT2D eigenvalue weighted by Gasteiger charge is -2.43. The van der Waals surface area contributed by atoms with Gasteiger partial charge in [0.15, 0.2) is 0 Å². The van der Waals surface area contributed by atoms with Crippen molar-refractivity contribution in [3.63, 3.8) is 0 Å². The molecule has 2 saturated carbocycles. The Morgan fingerprint density at radius 3 is 2.82 bits per heavy atom. The first-order valence-electron chi connectivity index (χ1n) is 7.96. The van der Waals surface area contributed by atoms with Crippen molar-refractivity contribution in [2.75, 3.05) is 19.3 Å². The molecule has 0 amide bonds. The maximum atomic E-state index is 11.0. The number of aliphatic carboxylic acids is 1. The third-order valence-electron chi connectivity index (χ3n) is 4.56. The molecule has 4 nitrogen and oxygen atoms in total. The highest BCUT2D eigenvalue weighted by atomic mass is 32.2. The Bertz CT molecular complexity index is 510. The molecular formula is C16H24N2O2S2. The van der Waals surface area contributed by atoms with Gasteiger partial charge in [0.2, 0.25) is 0 Å². The lowest BCUT2D eigenvalue weighted by Crippen LogP contribution is -2.54. The number of nitrogens with zero attached hydrogens (tertiary/aromatic N) is 1. The summed E-state index contributed by atoms with van der Waals surface area (Å²) in [5.74, 6) is 0.0580. The zero-order valence-electron chi connectivity index (χ0n) is 13.0. The van der Waals surface area contributed by atoms with Crippen LogP contribution in [0.4, 0.5) is 0 Å². The normalized spacial score (nSPS) is 24.5. The van der Waals surface area contributed by atoms with Gasteiger partial charge in [0, 0.05) is 30.1 Å². The fraction of sp³-hybridized carbons (Fsp3) is 0.688. The van der Waals surface area contributed by atoms with Crippen LogP contribution in [0.1, 0.15) is 30.6 Å². The predicted octanol–water partition coefficient (Wildman–Crippen LogP) is 2.89. The fourth-order valence-electron chi connectivity index (χ4n) is 3.01. The number of carboxylic acid groups (broad SMARTS) is 1. The first kappa shape index (κ1) is 16.3. The monoisotopic (exact) mass is 340 g/mol. The Morgan fingerprint density at radius 1 is 1.45 bits per heavy atom. The molecule has 6 heteroatoms. The van der Waals surface area contributed by atoms with Gasteiger partial charge in [-0.3, -0.25) is 9.69 Å². The van der Waals surface area contributed by atoms with Crippen LogP contribution in [-0.4, -0.2) is 47.4 Å². The third-order valence-corrected chi connectivity index (χ3v) is 6.73. The molecule has 1 aromatic heterocycles. The van der Waals surface area contributed by atoms with Gasteiger partial charge >= 0.3 is 5.97 Å². The molecule has 0 radical (unpaired) electrons. The molecule has 2 N–H and O–H groups in total. The molecule has 0 bridgehead atoms. The van der Waals surface area contributed by atoms with Crippen molar-refractivity contribution < 1.29 is 9.90 Å². The van der Waals surface area contributed by atoms with Crippen LogP contribution >= 0.6 is 23.1 Å². The van der Waals surface area contributed by atoms with Crippen molar-refractivity contribution in [1.82, 2.24) is 10.2 Å². The summed E-state index contributed by atoms with van der Waals surface area (Å²) in [5.41, 5.74) is 0. The molecule has 0 aromatic carbocycles. The van der Waals surface area contributed by atoms with E-state index >= 15 is 0 Å². The molecule has 0 aliphatic heterocycles. The minimum Gasteiger partial charge on any atom is -0.480 e. The Hall–Kier alpha value is -0.560. The number of thiophene rings is 1. The van der Waals surface area contributed by atoms with Gasteiger partial charge in [0.05, 0.1) is 10.8 Å². The van der Waals surface area contributed by atoms with E-state index in [4.69, 9.17) is 5.11 Å². The second-order valence-electron chi connectivity index (χ2n) is 6.39. The molecule has 122 valence electrons. The van der Waals surface area contributed by atoms with Crippen molar-refractivity contribution >= 4 is 29.1 Å². The van der Waals surface area contributed by atoms with Gasteiger partial charge < -0.3 is 10.4 Å². The lowest BCUT2D eigenvalue weighted by atomic mass is 9.85. The molecule has 3 rings (SSSR count). The van der Waals surface area contributed by atoms with E-state index in [1.54, 1.807) is 11.8 Å². The number of nitrogens with one attached hydrogen (secondary N) is 1. The average Bonchev–Trinajstić information content (AvgIpc) is 3.12. The Kier molecular flexibility index (Phi) is 5.44. The Morgan fingerprint density at radius 2 is 2.23 bits per heavy atom. The first-order valence-corrected chi connectivity index (χ1v) is 10.00. The summed E-state index contributed by atoms with van der Waals surface area (Å²) in [6, 6.07) is 5.38. The highest BCUT2D eigenvalue weighted by Crippen LogP contribution is 2.34. The SMILES string of the molecule is CSc1ccc(CNC2CC(N(CC(=O)O)CC3CC3)C2)s1. The van der Waals surface area contributed by atoms with Gasteiger partial charge in [-0.25, -0.2) is 0 Å². The number of carbonyl (C=O) groups is 1. The van der Waals surface area contributed by atoms with E-state index in [0.29, 0.717) is 12.1 Å². The van der Waals surface area contributed by atoms with Gasteiger partial charge in [0.25, 0.3) is 0 Å². The summed E-state index contributed by atoms with van der Waals surface area (Å²) in [4.78, 5) is 14.6. The van der Waals surface area contributed by atoms with Crippen molar-refractivity contribution in [2.45, 2.75) is 48.5 Å². The van der Waals surface area contributed by atoms with Crippen LogP contribution in [0.3, 0.4) is 0 Å². The first-order chi connectivity index (χ1) is 10.6. The van der Waals surface area contributed by atoms with Crippen LogP contribution in [0, 0.1) is 5.92 Å². The molecule has 2 fully saturated rings. The van der Waals surface area contributed by atoms with Gasteiger partial charge in [-0.15, -0.1) is 23.1 Å². The Balaban J connectivity index is 1.40. The van der Waals surface area contributed by atoms with E-state index in [1.807, 2.05) is 11.3 Å². The van der Waals surface area contributed by atoms with E-state index in [0.717, 1.165) is 31.8 Å². The highest BCUT2D eigenvalue weighted by molar-refractivity contribution is 8.00. The van der Waals surface area contributed by atoms with Crippen molar-refractivity contribution in [1.29, 1.82) is 0 Å². The van der Waals surface area contributed by atoms with E-state index in [-0.39, 0.29) is 6.54 Å². The quantitative estimate of drug-likeness (QED) is 0.677. The van der Waals surface area contributed by atoms with Crippen LogP contribution in [-0.2, 0) is 11.3 Å². The minimum atomic E-state index is -0.694. The summed E-state index contributed by atoms with van der Waals surface area (Å²) in [5, 5.41) is 12.7. The fourth-order valence-corrected chi connectivity index (χ4v) is 4.55. The maximum absolute atomic E-state index is 11.0. The zero-order chi connectivity index (χ0) is 15.5. The molecule has 0 spiro atoms. The lowest BCUT2D eigenvalue weighted by molar-refractivity contribution is -0.139. The van der Waals surface area contributed by atoms with Crippen LogP contribution < -0.4 is 5.32 Å². The van der Waals surface area contributed by atoms with E-state index < -0.39 is 5.97 Å². The topological polar surface area (TPSA) is 52.6 Å². The van der Waals surface area contributed by atoms with Gasteiger partial charge in [-0.05, 0) is 50.0 Å². The van der Waals surface area contributed by atoms with Crippen LogP contribution in [0.5, 0.6) is 0 Å². The molecule has 0 unspecified atom stereocenters. The van der Waals surface area contributed by atoms with Crippen LogP contribution in [0.25, 0.3) is 0 Å². The molecule has 2 aliphatic rings. The highest BCUT2D eigenvalue weighted by Gasteiger charge is 2.36. The number of hydrogen-bond donors (Lipinski definition) is 2. The van der Waals surface area contributed by atoms with Gasteiger partial charge in [-0.1, -0.05) is 0 Å². The van der Waals surface area contributed by atoms with E-state index in [9.17, 15) is 4.79 Å². The average molecular weight is 341 g/mol. The standard InChI is InChI=1S/C16H24N2O2S2/c1-21-16-5-4-14(22-16)8-17-12-6-13(7-12)18(10-15(19)20)9-11-2-3-11/h4-5,11-13,17H,2-3,6-10H2,1H3,(H,19,20). The summed E-state index contributed by atoms with van der Waals surface area (Å²) in [6.07, 6.45) is 6.83. The summed E-state index contributed by atoms with van der Waals surface area (Å²) in [7, 11) is 0. The van der Waals surface area contributed by atoms with Crippen molar-refractivity contribution in [3.8, 4) is 0 Å². The maximum Gasteiger partial charge on any atom is 0.317 e. The van der Waals surface area contributed by atoms with Crippen molar-refractivity contribution in [3.05, 3.63) is 17.0 Å². The summed E-state index contributed by atoms with van der Waals surface area (Å²) in [6.45, 7) is 2.12. The van der Waals surface area contributed by atoms with E-state index in [1.165, 1.54) is 21.9 Å². The van der Waals surface area contributed by atoms with E-state index in [2.05, 4.69) is 28.6 Å². The molecule has 0 saturated heterocycles. The van der Waals surface area contributed by atoms with Gasteiger partial charge in [0.1, 0.15) is 0 Å². The molecule has 0 atom stereocenters. The molecule has 2 aliphatic carbocycles. The Labute approximate surface area is 140 Å². The second-order valence-corrected chi connectivity index (χ2v) is 8.67. The summed E-state index contributed by atoms with van der Waals surface area (Å²) >= 11 is 3.65. The molecule has 1 aromatic rings. The smallest absolute Gasteiger partial charge is 0.317 e. The molecule has 1 heterocycles. The largest absolute Gasteiger partial charge is 0.480 e.